The van der Waals surface area contributed by atoms with Crippen molar-refractivity contribution >= 4 is 0 Å². The molecule has 4 nitrogen and oxygen atoms in total. The van der Waals surface area contributed by atoms with E-state index in [2.05, 4.69) is 32.6 Å². The maximum Gasteiger partial charge on any atom is 0.0811 e. The van der Waals surface area contributed by atoms with Crippen molar-refractivity contribution in [2.24, 2.45) is 23.2 Å². The normalized spacial score (nSPS) is 39.5. The molecule has 0 aromatic heterocycles. The minimum atomic E-state index is -0.646. The van der Waals surface area contributed by atoms with E-state index in [1.807, 2.05) is 21.0 Å². The number of aliphatic hydroxyl groups excluding tert-OH is 2. The number of allylic oxidation sites excluding steroid dienone is 2. The molecule has 3 N–H and O–H groups in total. The van der Waals surface area contributed by atoms with Gasteiger partial charge in [0, 0.05) is 19.4 Å². The lowest BCUT2D eigenvalue weighted by atomic mass is 9.60. The Morgan fingerprint density at radius 2 is 1.97 bits per heavy atom. The van der Waals surface area contributed by atoms with Crippen LogP contribution in [0.15, 0.2) is 35.5 Å². The third kappa shape index (κ3) is 5.58. The van der Waals surface area contributed by atoms with Crippen LogP contribution in [0.2, 0.25) is 0 Å². The molecule has 0 amide bonds. The van der Waals surface area contributed by atoms with Crippen molar-refractivity contribution in [3.05, 3.63) is 35.5 Å². The Labute approximate surface area is 195 Å². The van der Waals surface area contributed by atoms with Gasteiger partial charge in [-0.25, -0.2) is 0 Å². The Bertz CT molecular complexity index is 730. The summed E-state index contributed by atoms with van der Waals surface area (Å²) in [5.41, 5.74) is 2.81. The van der Waals surface area contributed by atoms with E-state index in [4.69, 9.17) is 4.74 Å². The summed E-state index contributed by atoms with van der Waals surface area (Å²) >= 11 is 0. The van der Waals surface area contributed by atoms with Crippen molar-refractivity contribution in [3.63, 3.8) is 0 Å². The highest BCUT2D eigenvalue weighted by Crippen LogP contribution is 2.60. The summed E-state index contributed by atoms with van der Waals surface area (Å²) in [6, 6.07) is 0. The Morgan fingerprint density at radius 3 is 2.62 bits per heavy atom. The average molecular weight is 447 g/mol. The van der Waals surface area contributed by atoms with Crippen molar-refractivity contribution in [1.29, 1.82) is 0 Å². The van der Waals surface area contributed by atoms with Crippen molar-refractivity contribution in [3.8, 4) is 0 Å². The van der Waals surface area contributed by atoms with E-state index in [-0.39, 0.29) is 11.5 Å². The predicted molar refractivity (Wildman–Crippen MR) is 130 cm³/mol. The van der Waals surface area contributed by atoms with E-state index in [9.17, 15) is 15.3 Å². The second-order valence-electron chi connectivity index (χ2n) is 11.7. The molecule has 7 atom stereocenters. The molecule has 3 aliphatic carbocycles. The van der Waals surface area contributed by atoms with Crippen LogP contribution in [0, 0.1) is 23.2 Å². The first-order valence-corrected chi connectivity index (χ1v) is 12.7. The fourth-order valence-corrected chi connectivity index (χ4v) is 6.97. The lowest BCUT2D eigenvalue weighted by Crippen LogP contribution is -2.38. The third-order valence-electron chi connectivity index (χ3n) is 8.70. The number of ether oxygens (including phenoxy) is 1. The summed E-state index contributed by atoms with van der Waals surface area (Å²) in [6.45, 7) is 12.7. The Hall–Kier alpha value is -0.940. The standard InChI is InChI=1S/C28H46O4/c1-18(9-7-13-27(3,4)31)23-17-25(32-6)26-20(10-8-14-28(23,26)5)11-12-21-15-22(29)16-24(30)19(21)2/h11-12,18,22-26,29-31H,2,7-10,13-17H2,1,3-6H3/b20-11+,21-12-/t18-,22-,23-,24+,25-,26-,28-/m1/s1. The maximum absolute atomic E-state index is 10.2. The molecule has 3 fully saturated rings. The molecule has 0 heterocycles. The van der Waals surface area contributed by atoms with Crippen LogP contribution in [-0.2, 0) is 4.74 Å². The number of rotatable bonds is 7. The number of aliphatic hydroxyl groups is 3. The Balaban J connectivity index is 1.80. The molecule has 0 unspecified atom stereocenters. The fraction of sp³-hybridized carbons (Fsp3) is 0.786. The number of methoxy groups -OCH3 is 1. The first-order chi connectivity index (χ1) is 15.0. The summed E-state index contributed by atoms with van der Waals surface area (Å²) in [6.07, 6.45) is 12.0. The molecule has 3 rings (SSSR count). The van der Waals surface area contributed by atoms with Crippen molar-refractivity contribution < 1.29 is 20.1 Å². The van der Waals surface area contributed by atoms with Crippen LogP contribution in [0.3, 0.4) is 0 Å². The van der Waals surface area contributed by atoms with Crippen LogP contribution in [0.25, 0.3) is 0 Å². The number of hydrogen-bond donors (Lipinski definition) is 3. The van der Waals surface area contributed by atoms with Crippen LogP contribution in [0.4, 0.5) is 0 Å². The molecule has 32 heavy (non-hydrogen) atoms. The van der Waals surface area contributed by atoms with Gasteiger partial charge in [0.1, 0.15) is 0 Å². The first kappa shape index (κ1) is 25.7. The van der Waals surface area contributed by atoms with E-state index in [0.29, 0.717) is 30.6 Å². The molecule has 3 saturated carbocycles. The van der Waals surface area contributed by atoms with Crippen molar-refractivity contribution in [1.82, 2.24) is 0 Å². The molecule has 0 radical (unpaired) electrons. The molecule has 0 aromatic rings. The third-order valence-corrected chi connectivity index (χ3v) is 8.70. The molecule has 0 bridgehead atoms. The summed E-state index contributed by atoms with van der Waals surface area (Å²) in [5.74, 6) is 1.63. The van der Waals surface area contributed by atoms with Gasteiger partial charge >= 0.3 is 0 Å². The highest BCUT2D eigenvalue weighted by molar-refractivity contribution is 5.39. The lowest BCUT2D eigenvalue weighted by Gasteiger charge is -2.45. The molecule has 4 heteroatoms. The van der Waals surface area contributed by atoms with Gasteiger partial charge in [-0.05, 0) is 80.8 Å². The van der Waals surface area contributed by atoms with E-state index < -0.39 is 17.8 Å². The molecular weight excluding hydrogens is 400 g/mol. The lowest BCUT2D eigenvalue weighted by molar-refractivity contribution is 0.0371. The monoisotopic (exact) mass is 446 g/mol. The second-order valence-corrected chi connectivity index (χ2v) is 11.7. The fourth-order valence-electron chi connectivity index (χ4n) is 6.97. The number of fused-ring (bicyclic) bond motifs is 1. The molecule has 3 aliphatic rings. The van der Waals surface area contributed by atoms with Crippen LogP contribution >= 0.6 is 0 Å². The molecule has 0 spiro atoms. The average Bonchev–Trinajstić information content (AvgIpc) is 3.01. The van der Waals surface area contributed by atoms with Gasteiger partial charge in [0.25, 0.3) is 0 Å². The zero-order chi connectivity index (χ0) is 23.7. The molecule has 0 aliphatic heterocycles. The Kier molecular flexibility index (Phi) is 8.13. The van der Waals surface area contributed by atoms with Crippen LogP contribution in [-0.4, -0.2) is 46.3 Å². The van der Waals surface area contributed by atoms with Gasteiger partial charge < -0.3 is 20.1 Å². The van der Waals surface area contributed by atoms with Gasteiger partial charge in [-0.15, -0.1) is 0 Å². The largest absolute Gasteiger partial charge is 0.393 e. The maximum atomic E-state index is 10.2. The van der Waals surface area contributed by atoms with Gasteiger partial charge in [-0.3, -0.25) is 0 Å². The topological polar surface area (TPSA) is 69.9 Å². The molecular formula is C28H46O4. The van der Waals surface area contributed by atoms with E-state index >= 15 is 0 Å². The van der Waals surface area contributed by atoms with Crippen LogP contribution in [0.1, 0.15) is 85.5 Å². The van der Waals surface area contributed by atoms with Crippen LogP contribution in [0.5, 0.6) is 0 Å². The van der Waals surface area contributed by atoms with Gasteiger partial charge in [-0.2, -0.15) is 0 Å². The minimum Gasteiger partial charge on any atom is -0.393 e. The van der Waals surface area contributed by atoms with Crippen molar-refractivity contribution in [2.75, 3.05) is 7.11 Å². The van der Waals surface area contributed by atoms with Gasteiger partial charge in [-0.1, -0.05) is 51.0 Å². The highest BCUT2D eigenvalue weighted by Gasteiger charge is 2.55. The zero-order valence-electron chi connectivity index (χ0n) is 20.9. The molecule has 0 aromatic carbocycles. The van der Waals surface area contributed by atoms with E-state index in [1.165, 1.54) is 18.4 Å². The first-order valence-electron chi connectivity index (χ1n) is 12.7. The van der Waals surface area contributed by atoms with Crippen molar-refractivity contribution in [2.45, 2.75) is 109 Å². The second kappa shape index (κ2) is 10.1. The van der Waals surface area contributed by atoms with Gasteiger partial charge in [0.2, 0.25) is 0 Å². The summed E-state index contributed by atoms with van der Waals surface area (Å²) in [4.78, 5) is 0. The minimum absolute atomic E-state index is 0.222. The quantitative estimate of drug-likeness (QED) is 0.494. The highest BCUT2D eigenvalue weighted by atomic mass is 16.5. The SMILES string of the molecule is C=C1/C(=C\C=C2/CCC[C@]3(C)[C@@H]([C@H](C)CCCC(C)(C)O)C[C@@H](OC)[C@@H]23)C[C@@H](O)C[C@@H]1O. The molecule has 0 saturated heterocycles. The molecule has 182 valence electrons. The zero-order valence-corrected chi connectivity index (χ0v) is 20.9. The number of hydrogen-bond acceptors (Lipinski definition) is 4. The summed E-state index contributed by atoms with van der Waals surface area (Å²) in [5, 5.41) is 30.4. The van der Waals surface area contributed by atoms with E-state index in [1.54, 1.807) is 0 Å². The van der Waals surface area contributed by atoms with E-state index in [0.717, 1.165) is 43.3 Å². The van der Waals surface area contributed by atoms with Crippen LogP contribution < -0.4 is 0 Å². The summed E-state index contributed by atoms with van der Waals surface area (Å²) in [7, 11) is 1.85. The predicted octanol–water partition coefficient (Wildman–Crippen LogP) is 5.33. The summed E-state index contributed by atoms with van der Waals surface area (Å²) < 4.78 is 6.06. The smallest absolute Gasteiger partial charge is 0.0811 e. The Morgan fingerprint density at radius 1 is 1.25 bits per heavy atom. The van der Waals surface area contributed by atoms with Gasteiger partial charge in [0.05, 0.1) is 23.9 Å². The van der Waals surface area contributed by atoms with Gasteiger partial charge in [0.15, 0.2) is 0 Å².